The number of rotatable bonds is 5. The van der Waals surface area contributed by atoms with E-state index in [2.05, 4.69) is 29.9 Å². The van der Waals surface area contributed by atoms with E-state index in [0.717, 1.165) is 6.33 Å². The van der Waals surface area contributed by atoms with E-state index in [9.17, 15) is 22.7 Å². The number of H-pyrrole nitrogens is 1. The summed E-state index contributed by atoms with van der Waals surface area (Å²) in [5.41, 5.74) is 11.8. The molecular weight excluding hydrogens is 734 g/mol. The van der Waals surface area contributed by atoms with Crippen LogP contribution in [0.3, 0.4) is 0 Å². The van der Waals surface area contributed by atoms with Crippen LogP contribution in [0.2, 0.25) is 0 Å². The molecule has 24 heteroatoms. The van der Waals surface area contributed by atoms with Gasteiger partial charge in [-0.25, -0.2) is 28.9 Å². The first-order valence-electron chi connectivity index (χ1n) is 15.7. The maximum Gasteiger partial charge on any atom is 0.472 e. The van der Waals surface area contributed by atoms with Crippen molar-refractivity contribution in [3.63, 3.8) is 0 Å². The number of nitrogen functional groups attached to an aromatic ring is 2. The maximum absolute atomic E-state index is 16.1. The number of ether oxygens (including phenoxy) is 3. The standard InChI is InChI=1S/C28H30FN10O11PS/c29-16-19-14(47-26(16)38-11-34-17-22(30)32-10-33-23(17)38)6-7-52(43,44)50-20-15(9-46-51(41,42)49-19)48-27(21(20)45-8-13-4-2-1-3-5-13)39-12-35-18-24(39)36-28(31)37-25(18)40/h1-5,10-12,14-16,19-21,26-27H,6-9H2,(H,41,42)(H2,30,32,33)(H3,31,36,37,40)/t14-,15-,16-,19-,20-,21-,26-,27-/m1/s1. The molecule has 52 heavy (non-hydrogen) atoms. The van der Waals surface area contributed by atoms with Crippen molar-refractivity contribution < 1.29 is 49.7 Å². The minimum absolute atomic E-state index is 0.0211. The number of hydrogen-bond acceptors (Lipinski definition) is 17. The quantitative estimate of drug-likeness (QED) is 0.140. The molecule has 1 unspecified atom stereocenters. The van der Waals surface area contributed by atoms with Crippen LogP contribution in [0.15, 0.2) is 54.1 Å². The van der Waals surface area contributed by atoms with Crippen LogP contribution in [0.1, 0.15) is 24.4 Å². The molecule has 6 N–H and O–H groups in total. The second-order valence-electron chi connectivity index (χ2n) is 12.1. The zero-order valence-corrected chi connectivity index (χ0v) is 28.3. The van der Waals surface area contributed by atoms with Gasteiger partial charge in [0.15, 0.2) is 41.3 Å². The van der Waals surface area contributed by atoms with E-state index in [1.54, 1.807) is 30.3 Å². The summed E-state index contributed by atoms with van der Waals surface area (Å²) in [7, 11) is -9.61. The lowest BCUT2D eigenvalue weighted by Crippen LogP contribution is -2.41. The third-order valence-corrected chi connectivity index (χ3v) is 11.0. The van der Waals surface area contributed by atoms with E-state index in [4.69, 9.17) is 38.9 Å². The second-order valence-corrected chi connectivity index (χ2v) is 15.3. The SMILES string of the molecule is Nc1nc2c(ncn2[C@@H]2O[C@@H]3COP(=O)(O)O[C@H]4[C@@H](F)[C@H](n5cnc6c(N)ncnc65)O[C@@H]4CCS(=O)(=O)O[C@H]3[C@H]2OCc2ccccc2)c(=O)[nH]1. The fourth-order valence-corrected chi connectivity index (χ4v) is 8.56. The van der Waals surface area contributed by atoms with Gasteiger partial charge in [-0.15, -0.1) is 0 Å². The number of fused-ring (bicyclic) bond motifs is 4. The number of aromatic amines is 1. The number of hydrogen-bond donors (Lipinski definition) is 4. The lowest BCUT2D eigenvalue weighted by Gasteiger charge is -2.27. The first-order chi connectivity index (χ1) is 24.9. The molecule has 0 aliphatic carbocycles. The minimum Gasteiger partial charge on any atom is -0.382 e. The van der Waals surface area contributed by atoms with E-state index < -0.39 is 91.4 Å². The van der Waals surface area contributed by atoms with Gasteiger partial charge >= 0.3 is 7.82 Å². The zero-order chi connectivity index (χ0) is 36.4. The topological polar surface area (TPSA) is 286 Å². The lowest BCUT2D eigenvalue weighted by atomic mass is 10.1. The molecule has 0 saturated carbocycles. The van der Waals surface area contributed by atoms with Gasteiger partial charge in [-0.3, -0.25) is 32.1 Å². The monoisotopic (exact) mass is 764 g/mol. The van der Waals surface area contributed by atoms with Crippen LogP contribution in [0, 0.1) is 0 Å². The Morgan fingerprint density at radius 2 is 1.73 bits per heavy atom. The van der Waals surface area contributed by atoms with Crippen LogP contribution in [0.5, 0.6) is 0 Å². The minimum atomic E-state index is -5.11. The van der Waals surface area contributed by atoms with Gasteiger partial charge in [0.25, 0.3) is 15.7 Å². The number of alkyl halides is 1. The number of phosphoric acid groups is 1. The van der Waals surface area contributed by atoms with Crippen molar-refractivity contribution >= 4 is 52.0 Å². The van der Waals surface area contributed by atoms with Crippen LogP contribution in [-0.2, 0) is 48.7 Å². The molecule has 1 aromatic carbocycles. The Morgan fingerprint density at radius 1 is 1.00 bits per heavy atom. The number of nitrogens with one attached hydrogen (secondary N) is 1. The van der Waals surface area contributed by atoms with Crippen molar-refractivity contribution in [1.29, 1.82) is 0 Å². The highest BCUT2D eigenvalue weighted by Crippen LogP contribution is 2.51. The molecule has 7 heterocycles. The Morgan fingerprint density at radius 3 is 2.52 bits per heavy atom. The van der Waals surface area contributed by atoms with E-state index in [-0.39, 0.29) is 40.7 Å². The Labute approximate surface area is 291 Å². The number of nitrogens with two attached hydrogens (primary N) is 2. The van der Waals surface area contributed by atoms with Crippen LogP contribution >= 0.6 is 7.82 Å². The highest BCUT2D eigenvalue weighted by Gasteiger charge is 2.54. The highest BCUT2D eigenvalue weighted by atomic mass is 32.2. The molecule has 3 fully saturated rings. The van der Waals surface area contributed by atoms with E-state index in [1.165, 1.54) is 21.8 Å². The molecule has 0 radical (unpaired) electrons. The normalized spacial score (nSPS) is 32.3. The fraction of sp³-hybridized carbons (Fsp3) is 0.429. The smallest absolute Gasteiger partial charge is 0.382 e. The van der Waals surface area contributed by atoms with Crippen molar-refractivity contribution in [1.82, 2.24) is 39.0 Å². The predicted octanol–water partition coefficient (Wildman–Crippen LogP) is 0.463. The molecule has 3 aliphatic rings. The van der Waals surface area contributed by atoms with Gasteiger partial charge < -0.3 is 30.6 Å². The van der Waals surface area contributed by atoms with Crippen molar-refractivity contribution in [3.8, 4) is 0 Å². The Hall–Kier alpha value is -4.45. The summed E-state index contributed by atoms with van der Waals surface area (Å²) in [6.07, 6.45) is -9.16. The first kappa shape index (κ1) is 34.6. The van der Waals surface area contributed by atoms with Gasteiger partial charge in [0.2, 0.25) is 5.95 Å². The molecule has 3 aliphatic heterocycles. The third-order valence-electron chi connectivity index (χ3n) is 8.79. The van der Waals surface area contributed by atoms with Gasteiger partial charge in [-0.2, -0.15) is 13.4 Å². The molecule has 9 atom stereocenters. The summed E-state index contributed by atoms with van der Waals surface area (Å²) in [4.78, 5) is 46.1. The first-order valence-corrected chi connectivity index (χ1v) is 18.8. The Bertz CT molecular complexity index is 2350. The van der Waals surface area contributed by atoms with Crippen LogP contribution in [0.25, 0.3) is 22.3 Å². The molecule has 0 amide bonds. The molecule has 276 valence electrons. The lowest BCUT2D eigenvalue weighted by molar-refractivity contribution is -0.0754. The van der Waals surface area contributed by atoms with E-state index in [1.807, 2.05) is 0 Å². The number of imidazole rings is 2. The second kappa shape index (κ2) is 13.2. The van der Waals surface area contributed by atoms with E-state index >= 15 is 4.39 Å². The molecule has 0 spiro atoms. The number of benzene rings is 1. The molecule has 3 saturated heterocycles. The average molecular weight is 765 g/mol. The van der Waals surface area contributed by atoms with Gasteiger partial charge in [0.1, 0.15) is 36.3 Å². The van der Waals surface area contributed by atoms with Crippen LogP contribution < -0.4 is 17.0 Å². The molecule has 8 rings (SSSR count). The third kappa shape index (κ3) is 6.43. The summed E-state index contributed by atoms with van der Waals surface area (Å²) in [6.45, 7) is -0.848. The van der Waals surface area contributed by atoms with Gasteiger partial charge in [0, 0.05) is 0 Å². The molecule has 0 bridgehead atoms. The van der Waals surface area contributed by atoms with Gasteiger partial charge in [-0.05, 0) is 12.0 Å². The highest BCUT2D eigenvalue weighted by molar-refractivity contribution is 7.86. The van der Waals surface area contributed by atoms with Crippen molar-refractivity contribution in [2.75, 3.05) is 23.8 Å². The summed E-state index contributed by atoms with van der Waals surface area (Å²) in [5, 5.41) is 0. The fourth-order valence-electron chi connectivity index (χ4n) is 6.42. The van der Waals surface area contributed by atoms with Crippen molar-refractivity contribution in [2.24, 2.45) is 0 Å². The Kier molecular flexibility index (Phi) is 8.79. The zero-order valence-electron chi connectivity index (χ0n) is 26.6. The number of anilines is 2. The predicted molar refractivity (Wildman–Crippen MR) is 174 cm³/mol. The van der Waals surface area contributed by atoms with Crippen molar-refractivity contribution in [2.45, 2.75) is 62.2 Å². The van der Waals surface area contributed by atoms with Crippen LogP contribution in [-0.4, -0.2) is 101 Å². The average Bonchev–Trinajstić information content (AvgIpc) is 3.87. The number of nitrogens with zero attached hydrogens (tertiary/aromatic N) is 7. The van der Waals surface area contributed by atoms with Gasteiger partial charge in [-0.1, -0.05) is 30.3 Å². The summed E-state index contributed by atoms with van der Waals surface area (Å²) in [5.74, 6) is -0.952. The molecule has 21 nitrogen and oxygen atoms in total. The number of aromatic nitrogens is 8. The number of phosphoric ester groups is 1. The van der Waals surface area contributed by atoms with Crippen molar-refractivity contribution in [3.05, 3.63) is 65.2 Å². The van der Waals surface area contributed by atoms with Gasteiger partial charge in [0.05, 0.1) is 37.7 Å². The molecule has 5 aromatic rings. The maximum atomic E-state index is 16.1. The number of halogens is 1. The van der Waals surface area contributed by atoms with E-state index in [0.29, 0.717) is 5.56 Å². The molecular formula is C28H30FN10O11PS. The molecule has 4 aromatic heterocycles. The Balaban J connectivity index is 1.12. The summed E-state index contributed by atoms with van der Waals surface area (Å²) in [6, 6.07) is 8.90. The summed E-state index contributed by atoms with van der Waals surface area (Å²) >= 11 is 0. The largest absolute Gasteiger partial charge is 0.472 e. The van der Waals surface area contributed by atoms with Crippen LogP contribution in [0.4, 0.5) is 16.2 Å². The summed E-state index contributed by atoms with van der Waals surface area (Å²) < 4.78 is 94.0.